The maximum atomic E-state index is 12.5. The summed E-state index contributed by atoms with van der Waals surface area (Å²) < 4.78 is 27.9. The van der Waals surface area contributed by atoms with Crippen molar-refractivity contribution >= 4 is 47.0 Å². The molecule has 1 aromatic rings. The lowest BCUT2D eigenvalue weighted by atomic mass is 10.0. The van der Waals surface area contributed by atoms with Crippen molar-refractivity contribution in [2.75, 3.05) is 70.8 Å². The Kier molecular flexibility index (Phi) is 36.2. The molecule has 1 heterocycles. The van der Waals surface area contributed by atoms with E-state index in [0.29, 0.717) is 35.9 Å². The van der Waals surface area contributed by atoms with Gasteiger partial charge in [0.2, 0.25) is 0 Å². The Morgan fingerprint density at radius 1 is 0.671 bits per heavy atom. The topological polar surface area (TPSA) is 230 Å². The zero-order chi connectivity index (χ0) is 53.3. The number of azo groups is 1. The molecule has 0 saturated heterocycles. The fourth-order valence-corrected chi connectivity index (χ4v) is 9.00. The summed E-state index contributed by atoms with van der Waals surface area (Å²) in [5.74, 6) is -5.47. The van der Waals surface area contributed by atoms with E-state index in [1.165, 1.54) is 82.4 Å². The molecule has 1 aliphatic heterocycles. The second-order valence-electron chi connectivity index (χ2n) is 18.4. The van der Waals surface area contributed by atoms with Gasteiger partial charge in [-0.25, -0.2) is 0 Å². The van der Waals surface area contributed by atoms with Crippen LogP contribution in [0.25, 0.3) is 0 Å². The van der Waals surface area contributed by atoms with Crippen LogP contribution in [0.2, 0.25) is 0 Å². The third kappa shape index (κ3) is 29.4. The first-order valence-electron chi connectivity index (χ1n) is 26.7. The van der Waals surface area contributed by atoms with E-state index in [9.17, 15) is 39.9 Å². The number of unbranched alkanes of at least 4 members (excludes halogenated alkanes) is 14. The van der Waals surface area contributed by atoms with Crippen LogP contribution in [-0.4, -0.2) is 105 Å². The second kappa shape index (κ2) is 41.3. The number of nitriles is 2. The van der Waals surface area contributed by atoms with E-state index in [2.05, 4.69) is 41.1 Å². The van der Waals surface area contributed by atoms with E-state index < -0.39 is 47.0 Å². The molecule has 0 amide bonds. The number of hydrogen-bond acceptors (Lipinski definition) is 15. The summed E-state index contributed by atoms with van der Waals surface area (Å²) in [6, 6.07) is 10.1. The highest BCUT2D eigenvalue weighted by molar-refractivity contribution is 8.04. The normalized spacial score (nSPS) is 15.5. The molecule has 2 rings (SSSR count). The molecule has 2 N–H and O–H groups in total. The lowest BCUT2D eigenvalue weighted by molar-refractivity contribution is -0.152. The van der Waals surface area contributed by atoms with E-state index in [1.807, 2.05) is 49.4 Å². The third-order valence-corrected chi connectivity index (χ3v) is 13.7. The van der Waals surface area contributed by atoms with E-state index >= 15 is 0 Å². The van der Waals surface area contributed by atoms with Crippen LogP contribution in [0, 0.1) is 47.3 Å². The predicted molar refractivity (Wildman–Crippen MR) is 285 cm³/mol. The van der Waals surface area contributed by atoms with Gasteiger partial charge in [0.15, 0.2) is 0 Å². The fourth-order valence-electron chi connectivity index (χ4n) is 7.90. The highest BCUT2D eigenvalue weighted by atomic mass is 32.2. The van der Waals surface area contributed by atoms with Gasteiger partial charge < -0.3 is 38.8 Å². The Balaban J connectivity index is 1.83. The van der Waals surface area contributed by atoms with Gasteiger partial charge in [0.05, 0.1) is 81.0 Å². The molecule has 1 aliphatic rings. The summed E-state index contributed by atoms with van der Waals surface area (Å²) in [7, 11) is 0. The fraction of sp³-hybridized carbons (Fsp3) is 0.679. The Morgan fingerprint density at radius 3 is 1.59 bits per heavy atom. The van der Waals surface area contributed by atoms with Crippen LogP contribution in [0.3, 0.4) is 0 Å². The second-order valence-corrected chi connectivity index (χ2v) is 19.5. The molecule has 16 nitrogen and oxygen atoms in total. The molecule has 0 spiro atoms. The average Bonchev–Trinajstić information content (AvgIpc) is 3.69. The van der Waals surface area contributed by atoms with Gasteiger partial charge in [-0.3, -0.25) is 19.2 Å². The van der Waals surface area contributed by atoms with Crippen molar-refractivity contribution in [3.8, 4) is 12.1 Å². The summed E-state index contributed by atoms with van der Waals surface area (Å²) >= 11 is 1.24. The Bertz CT molecular complexity index is 1960. The van der Waals surface area contributed by atoms with Gasteiger partial charge >= 0.3 is 23.9 Å². The molecule has 1 aromatic carbocycles. The molecule has 0 fully saturated rings. The molecule has 406 valence electrons. The van der Waals surface area contributed by atoms with E-state index in [4.69, 9.17) is 23.7 Å². The number of hydrogen-bond donors (Lipinski definition) is 2. The van der Waals surface area contributed by atoms with Crippen molar-refractivity contribution in [1.82, 2.24) is 0 Å². The molecule has 0 aliphatic carbocycles. The third-order valence-electron chi connectivity index (χ3n) is 12.4. The summed E-state index contributed by atoms with van der Waals surface area (Å²) in [6.07, 6.45) is 26.6. The van der Waals surface area contributed by atoms with Crippen LogP contribution >= 0.6 is 11.8 Å². The van der Waals surface area contributed by atoms with E-state index in [-0.39, 0.29) is 71.9 Å². The lowest BCUT2D eigenvalue weighted by Gasteiger charge is -2.25. The number of ether oxygens (including phenoxy) is 5. The largest absolute Gasteiger partial charge is 0.481 e. The number of aliphatic carboxylic acids is 2. The molecular formula is C56H85N5O11S. The Labute approximate surface area is 440 Å². The van der Waals surface area contributed by atoms with Gasteiger partial charge in [-0.2, -0.15) is 20.8 Å². The number of aryl methyl sites for hydroxylation is 1. The molecule has 0 saturated carbocycles. The highest BCUT2D eigenvalue weighted by Crippen LogP contribution is 2.42. The van der Waals surface area contributed by atoms with Gasteiger partial charge in [-0.15, -0.1) is 0 Å². The van der Waals surface area contributed by atoms with Crippen molar-refractivity contribution < 1.29 is 53.1 Å². The molecule has 0 bridgehead atoms. The van der Waals surface area contributed by atoms with Gasteiger partial charge in [0.25, 0.3) is 0 Å². The number of carboxylic acid groups (broad SMARTS) is 2. The number of carbonyl (C=O) groups is 4. The van der Waals surface area contributed by atoms with Crippen molar-refractivity contribution in [2.45, 2.75) is 161 Å². The Morgan fingerprint density at radius 2 is 1.14 bits per heavy atom. The predicted octanol–water partition coefficient (Wildman–Crippen LogP) is 12.4. The quantitative estimate of drug-likeness (QED) is 0.0268. The smallest absolute Gasteiger partial charge is 0.307 e. The van der Waals surface area contributed by atoms with Gasteiger partial charge in [0.1, 0.15) is 30.6 Å². The van der Waals surface area contributed by atoms with E-state index in [1.54, 1.807) is 6.92 Å². The number of benzene rings is 1. The maximum Gasteiger partial charge on any atom is 0.307 e. The van der Waals surface area contributed by atoms with Crippen molar-refractivity contribution in [3.05, 3.63) is 58.5 Å². The van der Waals surface area contributed by atoms with Crippen LogP contribution in [0.5, 0.6) is 0 Å². The van der Waals surface area contributed by atoms with Gasteiger partial charge in [-0.1, -0.05) is 127 Å². The minimum absolute atomic E-state index is 0.00309. The van der Waals surface area contributed by atoms with Crippen LogP contribution < -0.4 is 4.90 Å². The number of carbonyl (C=O) groups excluding carboxylic acids is 2. The number of allylic oxidation sites excluding steroid dienone is 5. The molecule has 4 unspecified atom stereocenters. The minimum Gasteiger partial charge on any atom is -0.481 e. The number of thioether (sulfide) groups is 1. The van der Waals surface area contributed by atoms with Crippen LogP contribution in [-0.2, 0) is 42.9 Å². The molecule has 4 atom stereocenters. The monoisotopic (exact) mass is 1040 g/mol. The first-order valence-corrected chi connectivity index (χ1v) is 27.6. The van der Waals surface area contributed by atoms with Gasteiger partial charge in [0, 0.05) is 18.8 Å². The number of esters is 2. The van der Waals surface area contributed by atoms with Crippen LogP contribution in [0.1, 0.15) is 155 Å². The Hall–Kier alpha value is -5.07. The average molecular weight is 1040 g/mol. The summed E-state index contributed by atoms with van der Waals surface area (Å²) in [6.45, 7) is 10.4. The zero-order valence-corrected chi connectivity index (χ0v) is 45.1. The molecule has 17 heteroatoms. The number of carboxylic acids is 2. The number of anilines is 1. The van der Waals surface area contributed by atoms with Crippen LogP contribution in [0.4, 0.5) is 11.4 Å². The SMILES string of the molecule is CCCCCCCCC/C=C/CC(CC(=O)OCCOCCOCCN(CCOCCOC(=O)CC(C/C=C/CCCCCCCCC)C(=O)O)c1ccc(/N=N/C2SC(C#N)=C(C)C2C#N)c(C)c1)C(=O)O. The molecule has 0 aromatic heterocycles. The number of nitrogens with zero attached hydrogens (tertiary/aromatic N) is 5. The van der Waals surface area contributed by atoms with E-state index in [0.717, 1.165) is 43.4 Å². The first kappa shape index (κ1) is 64.0. The molecular weight excluding hydrogens is 951 g/mol. The summed E-state index contributed by atoms with van der Waals surface area (Å²) in [4.78, 5) is 51.1. The highest BCUT2D eigenvalue weighted by Gasteiger charge is 2.34. The number of rotatable bonds is 44. The lowest BCUT2D eigenvalue weighted by Crippen LogP contribution is -2.31. The maximum absolute atomic E-state index is 12.5. The molecule has 0 radical (unpaired) electrons. The minimum atomic E-state index is -1.03. The van der Waals surface area contributed by atoms with Crippen LogP contribution in [0.15, 0.2) is 63.2 Å². The van der Waals surface area contributed by atoms with Crippen molar-refractivity contribution in [1.29, 1.82) is 10.5 Å². The summed E-state index contributed by atoms with van der Waals surface area (Å²) in [5.41, 5.74) is 3.02. The standard InChI is InChI=1S/C56H85N5O11S/c1-5-7-9-11-13-15-17-19-21-23-25-46(55(64)65)40-52(62)71-37-35-69-32-30-61(48-27-28-50(44(3)39-48)59-60-54-49(42-57)45(4)51(43-58)73-54)29-31-68-33-34-70-36-38-72-53(63)41-47(56(66)67)26-24-22-20-18-16-14-12-10-8-6-2/h21-24,27-28,39,46-47,49,54H,5-20,25-26,29-38,40-41H2,1-4H3,(H,64,65)(H,66,67)/b23-21+,24-22+,60-59+. The zero-order valence-electron chi connectivity index (χ0n) is 44.3. The molecule has 73 heavy (non-hydrogen) atoms. The summed E-state index contributed by atoms with van der Waals surface area (Å²) in [5, 5.41) is 46.8. The van der Waals surface area contributed by atoms with Gasteiger partial charge in [-0.05, 0) is 81.7 Å². The first-order chi connectivity index (χ1) is 35.4. The van der Waals surface area contributed by atoms with Crippen molar-refractivity contribution in [3.63, 3.8) is 0 Å². The van der Waals surface area contributed by atoms with Crippen molar-refractivity contribution in [2.24, 2.45) is 28.0 Å².